The van der Waals surface area contributed by atoms with E-state index in [0.717, 1.165) is 0 Å². The summed E-state index contributed by atoms with van der Waals surface area (Å²) < 4.78 is 26.7. The maximum absolute atomic E-state index is 12.2. The molecule has 134 valence electrons. The van der Waals surface area contributed by atoms with Crippen LogP contribution in [-0.4, -0.2) is 37.5 Å². The fourth-order valence-electron chi connectivity index (χ4n) is 1.93. The second-order valence-electron chi connectivity index (χ2n) is 5.51. The highest BCUT2D eigenvalue weighted by Gasteiger charge is 2.29. The lowest BCUT2D eigenvalue weighted by atomic mass is 9.99. The predicted octanol–water partition coefficient (Wildman–Crippen LogP) is 1.62. The van der Waals surface area contributed by atoms with Crippen LogP contribution in [0, 0.1) is 5.92 Å². The Hall–Kier alpha value is -1.64. The van der Waals surface area contributed by atoms with Gasteiger partial charge in [0.25, 0.3) is 0 Å². The molecule has 0 fully saturated rings. The monoisotopic (exact) mass is 376 g/mol. The van der Waals surface area contributed by atoms with Crippen LogP contribution in [0.25, 0.3) is 0 Å². The standard InChI is InChI=1S/C15H21ClN2O5S/c1-4-9(2)13(15(20)21)17-14(19)10(3)18-24(22,23)12-7-5-11(16)6-8-12/h5-10,13,18H,4H2,1-3H3,(H,17,19)(H,20,21). The van der Waals surface area contributed by atoms with Crippen LogP contribution in [0.3, 0.4) is 0 Å². The summed E-state index contributed by atoms with van der Waals surface area (Å²) in [6, 6.07) is 3.26. The molecule has 0 bridgehead atoms. The summed E-state index contributed by atoms with van der Waals surface area (Å²) in [5.74, 6) is -2.16. The predicted molar refractivity (Wildman–Crippen MR) is 90.3 cm³/mol. The van der Waals surface area contributed by atoms with E-state index >= 15 is 0 Å². The lowest BCUT2D eigenvalue weighted by Gasteiger charge is -2.22. The van der Waals surface area contributed by atoms with Crippen LogP contribution in [0.1, 0.15) is 27.2 Å². The van der Waals surface area contributed by atoms with Crippen molar-refractivity contribution in [2.24, 2.45) is 5.92 Å². The van der Waals surface area contributed by atoms with Gasteiger partial charge in [-0.2, -0.15) is 4.72 Å². The molecule has 1 rings (SSSR count). The summed E-state index contributed by atoms with van der Waals surface area (Å²) in [4.78, 5) is 23.3. The molecule has 9 heteroatoms. The number of sulfonamides is 1. The molecule has 0 radical (unpaired) electrons. The zero-order valence-electron chi connectivity index (χ0n) is 13.6. The molecule has 7 nitrogen and oxygen atoms in total. The van der Waals surface area contributed by atoms with Crippen molar-refractivity contribution in [2.45, 2.75) is 44.2 Å². The minimum atomic E-state index is -3.92. The van der Waals surface area contributed by atoms with Gasteiger partial charge >= 0.3 is 5.97 Å². The smallest absolute Gasteiger partial charge is 0.326 e. The lowest BCUT2D eigenvalue weighted by molar-refractivity contribution is -0.143. The van der Waals surface area contributed by atoms with Gasteiger partial charge in [-0.25, -0.2) is 13.2 Å². The average molecular weight is 377 g/mol. The third kappa shape index (κ3) is 5.47. The van der Waals surface area contributed by atoms with Gasteiger partial charge in [-0.15, -0.1) is 0 Å². The van der Waals surface area contributed by atoms with Gasteiger partial charge in [-0.05, 0) is 37.1 Å². The van der Waals surface area contributed by atoms with Gasteiger partial charge in [-0.3, -0.25) is 4.79 Å². The molecule has 0 saturated heterocycles. The Morgan fingerprint density at radius 2 is 1.75 bits per heavy atom. The van der Waals surface area contributed by atoms with Crippen molar-refractivity contribution in [2.75, 3.05) is 0 Å². The Labute approximate surface area is 146 Å². The Balaban J connectivity index is 2.82. The molecular formula is C15H21ClN2O5S. The zero-order valence-corrected chi connectivity index (χ0v) is 15.2. The summed E-state index contributed by atoms with van der Waals surface area (Å²) in [6.07, 6.45) is 0.558. The number of rotatable bonds is 8. The number of hydrogen-bond donors (Lipinski definition) is 3. The molecule has 24 heavy (non-hydrogen) atoms. The van der Waals surface area contributed by atoms with E-state index in [-0.39, 0.29) is 10.8 Å². The quantitative estimate of drug-likeness (QED) is 0.638. The van der Waals surface area contributed by atoms with Gasteiger partial charge < -0.3 is 10.4 Å². The summed E-state index contributed by atoms with van der Waals surface area (Å²) in [7, 11) is -3.92. The van der Waals surface area contributed by atoms with Crippen molar-refractivity contribution in [1.82, 2.24) is 10.0 Å². The Bertz CT molecular complexity index is 690. The van der Waals surface area contributed by atoms with E-state index in [1.807, 2.05) is 0 Å². The average Bonchev–Trinajstić information content (AvgIpc) is 2.51. The van der Waals surface area contributed by atoms with Crippen LogP contribution in [0.15, 0.2) is 29.2 Å². The molecule has 0 aromatic heterocycles. The van der Waals surface area contributed by atoms with Crippen molar-refractivity contribution in [1.29, 1.82) is 0 Å². The van der Waals surface area contributed by atoms with Crippen LogP contribution >= 0.6 is 11.6 Å². The first-order chi connectivity index (χ1) is 11.1. The van der Waals surface area contributed by atoms with Gasteiger partial charge in [0.15, 0.2) is 0 Å². The Morgan fingerprint density at radius 1 is 1.21 bits per heavy atom. The molecular weight excluding hydrogens is 356 g/mol. The summed E-state index contributed by atoms with van der Waals surface area (Å²) in [6.45, 7) is 4.85. The summed E-state index contributed by atoms with van der Waals surface area (Å²) in [5, 5.41) is 11.9. The first kappa shape index (κ1) is 20.4. The van der Waals surface area contributed by atoms with E-state index in [0.29, 0.717) is 11.4 Å². The molecule has 1 aromatic rings. The summed E-state index contributed by atoms with van der Waals surface area (Å²) >= 11 is 5.71. The van der Waals surface area contributed by atoms with E-state index < -0.39 is 34.0 Å². The van der Waals surface area contributed by atoms with Crippen LogP contribution in [0.5, 0.6) is 0 Å². The van der Waals surface area contributed by atoms with E-state index in [4.69, 9.17) is 11.6 Å². The Morgan fingerprint density at radius 3 is 2.21 bits per heavy atom. The van der Waals surface area contributed by atoms with Crippen molar-refractivity contribution < 1.29 is 23.1 Å². The number of carbonyl (C=O) groups excluding carboxylic acids is 1. The van der Waals surface area contributed by atoms with Crippen molar-refractivity contribution in [3.63, 3.8) is 0 Å². The number of carboxylic acids is 1. The van der Waals surface area contributed by atoms with Gasteiger partial charge in [0, 0.05) is 5.02 Å². The van der Waals surface area contributed by atoms with Crippen LogP contribution in [-0.2, 0) is 19.6 Å². The minimum Gasteiger partial charge on any atom is -0.480 e. The fraction of sp³-hybridized carbons (Fsp3) is 0.467. The fourth-order valence-corrected chi connectivity index (χ4v) is 3.26. The normalized spacial score (nSPS) is 15.3. The molecule has 0 aliphatic heterocycles. The first-order valence-electron chi connectivity index (χ1n) is 7.39. The maximum Gasteiger partial charge on any atom is 0.326 e. The number of carboxylic acid groups (broad SMARTS) is 1. The van der Waals surface area contributed by atoms with Gasteiger partial charge in [0.05, 0.1) is 10.9 Å². The molecule has 3 atom stereocenters. The van der Waals surface area contributed by atoms with Gasteiger partial charge in [-0.1, -0.05) is 31.9 Å². The minimum absolute atomic E-state index is 0.0386. The lowest BCUT2D eigenvalue weighted by Crippen LogP contribution is -2.52. The Kier molecular flexibility index (Phi) is 7.19. The van der Waals surface area contributed by atoms with Crippen molar-refractivity contribution in [3.05, 3.63) is 29.3 Å². The molecule has 0 spiro atoms. The van der Waals surface area contributed by atoms with Gasteiger partial charge in [0.2, 0.25) is 15.9 Å². The number of nitrogens with one attached hydrogen (secondary N) is 2. The molecule has 1 aromatic carbocycles. The van der Waals surface area contributed by atoms with E-state index in [2.05, 4.69) is 10.0 Å². The highest BCUT2D eigenvalue weighted by Crippen LogP contribution is 2.14. The SMILES string of the molecule is CCC(C)C(NC(=O)C(C)NS(=O)(=O)c1ccc(Cl)cc1)C(=O)O. The molecule has 3 N–H and O–H groups in total. The second-order valence-corrected chi connectivity index (χ2v) is 7.66. The van der Waals surface area contributed by atoms with Gasteiger partial charge in [0.1, 0.15) is 6.04 Å². The number of benzene rings is 1. The summed E-state index contributed by atoms with van der Waals surface area (Å²) in [5.41, 5.74) is 0. The number of hydrogen-bond acceptors (Lipinski definition) is 4. The second kappa shape index (κ2) is 8.46. The largest absolute Gasteiger partial charge is 0.480 e. The van der Waals surface area contributed by atoms with E-state index in [9.17, 15) is 23.1 Å². The zero-order chi connectivity index (χ0) is 18.5. The first-order valence-corrected chi connectivity index (χ1v) is 9.25. The number of carbonyl (C=O) groups is 2. The van der Waals surface area contributed by atoms with Crippen molar-refractivity contribution >= 4 is 33.5 Å². The van der Waals surface area contributed by atoms with Crippen LogP contribution < -0.4 is 10.0 Å². The topological polar surface area (TPSA) is 113 Å². The molecule has 0 saturated carbocycles. The van der Waals surface area contributed by atoms with Crippen molar-refractivity contribution in [3.8, 4) is 0 Å². The number of aliphatic carboxylic acids is 1. The number of halogens is 1. The van der Waals surface area contributed by atoms with E-state index in [1.165, 1.54) is 31.2 Å². The highest BCUT2D eigenvalue weighted by molar-refractivity contribution is 7.89. The van der Waals surface area contributed by atoms with E-state index in [1.54, 1.807) is 13.8 Å². The van der Waals surface area contributed by atoms with Crippen LogP contribution in [0.2, 0.25) is 5.02 Å². The molecule has 3 unspecified atom stereocenters. The third-order valence-corrected chi connectivity index (χ3v) is 5.43. The van der Waals surface area contributed by atoms with Crippen LogP contribution in [0.4, 0.5) is 0 Å². The molecule has 0 aliphatic rings. The molecule has 0 heterocycles. The number of amides is 1. The highest BCUT2D eigenvalue weighted by atomic mass is 35.5. The molecule has 0 aliphatic carbocycles. The third-order valence-electron chi connectivity index (χ3n) is 3.63. The maximum atomic E-state index is 12.2. The molecule has 1 amide bonds.